The van der Waals surface area contributed by atoms with Crippen molar-refractivity contribution in [2.24, 2.45) is 0 Å². The van der Waals surface area contributed by atoms with Crippen LogP contribution in [0.4, 0.5) is 0 Å². The molecule has 3 nitrogen and oxygen atoms in total. The van der Waals surface area contributed by atoms with Crippen LogP contribution in [0.15, 0.2) is 29.6 Å². The van der Waals surface area contributed by atoms with Crippen LogP contribution in [0.5, 0.6) is 0 Å². The smallest absolute Gasteiger partial charge is 0.107 e. The van der Waals surface area contributed by atoms with E-state index in [0.717, 1.165) is 32.2 Å². The molecule has 2 heterocycles. The summed E-state index contributed by atoms with van der Waals surface area (Å²) in [7, 11) is 0. The Hall–Kier alpha value is -1.23. The van der Waals surface area contributed by atoms with Crippen LogP contribution in [0, 0.1) is 0 Å². The lowest BCUT2D eigenvalue weighted by atomic mass is 10.1. The highest BCUT2D eigenvalue weighted by atomic mass is 32.1. The van der Waals surface area contributed by atoms with Gasteiger partial charge in [-0.1, -0.05) is 24.3 Å². The number of nitrogens with one attached hydrogen (secondary N) is 1. The molecule has 20 heavy (non-hydrogen) atoms. The minimum Gasteiger partial charge on any atom is -0.308 e. The van der Waals surface area contributed by atoms with Crippen LogP contribution in [0.1, 0.15) is 34.7 Å². The molecule has 4 heteroatoms. The number of nitrogens with zero attached hydrogens (tertiary/aromatic N) is 2. The lowest BCUT2D eigenvalue weighted by Crippen LogP contribution is -2.17. The Morgan fingerprint density at radius 2 is 1.95 bits per heavy atom. The first kappa shape index (κ1) is 12.5. The molecule has 1 aliphatic heterocycles. The van der Waals surface area contributed by atoms with Gasteiger partial charge in [0.25, 0.3) is 0 Å². The lowest BCUT2D eigenvalue weighted by molar-refractivity contribution is 0.272. The summed E-state index contributed by atoms with van der Waals surface area (Å²) in [6, 6.07) is 9.50. The van der Waals surface area contributed by atoms with Crippen molar-refractivity contribution in [2.45, 2.75) is 45.1 Å². The molecule has 1 aliphatic carbocycles. The molecule has 0 atom stereocenters. The van der Waals surface area contributed by atoms with Gasteiger partial charge in [-0.2, -0.15) is 0 Å². The molecule has 104 valence electrons. The number of benzene rings is 1. The van der Waals surface area contributed by atoms with Crippen molar-refractivity contribution >= 4 is 11.3 Å². The molecule has 1 aromatic heterocycles. The van der Waals surface area contributed by atoms with Gasteiger partial charge in [0.2, 0.25) is 0 Å². The SMILES string of the molecule is c1ccc2c(c1)CN(Cc1csc(CNC3CC3)n1)C2. The third-order valence-electron chi connectivity index (χ3n) is 4.01. The van der Waals surface area contributed by atoms with Gasteiger partial charge in [0.05, 0.1) is 5.69 Å². The van der Waals surface area contributed by atoms with Gasteiger partial charge in [0.15, 0.2) is 0 Å². The summed E-state index contributed by atoms with van der Waals surface area (Å²) >= 11 is 1.79. The van der Waals surface area contributed by atoms with Gasteiger partial charge in [-0.25, -0.2) is 4.98 Å². The first-order chi connectivity index (χ1) is 9.87. The zero-order valence-corrected chi connectivity index (χ0v) is 12.3. The van der Waals surface area contributed by atoms with Crippen molar-refractivity contribution in [3.63, 3.8) is 0 Å². The highest BCUT2D eigenvalue weighted by molar-refractivity contribution is 7.09. The molecule has 1 fully saturated rings. The molecule has 0 amide bonds. The zero-order chi connectivity index (χ0) is 13.4. The lowest BCUT2D eigenvalue weighted by Gasteiger charge is -2.12. The number of thiazole rings is 1. The van der Waals surface area contributed by atoms with Crippen molar-refractivity contribution in [3.05, 3.63) is 51.5 Å². The quantitative estimate of drug-likeness (QED) is 0.915. The average Bonchev–Trinajstić information content (AvgIpc) is 3.04. The van der Waals surface area contributed by atoms with Crippen LogP contribution in [0.25, 0.3) is 0 Å². The Bertz CT molecular complexity index is 578. The largest absolute Gasteiger partial charge is 0.308 e. The van der Waals surface area contributed by atoms with Crippen molar-refractivity contribution in [1.82, 2.24) is 15.2 Å². The molecule has 2 aromatic rings. The summed E-state index contributed by atoms with van der Waals surface area (Å²) < 4.78 is 0. The Balaban J connectivity index is 1.35. The maximum absolute atomic E-state index is 4.75. The zero-order valence-electron chi connectivity index (χ0n) is 11.5. The first-order valence-corrected chi connectivity index (χ1v) is 8.20. The fourth-order valence-electron chi connectivity index (χ4n) is 2.77. The van der Waals surface area contributed by atoms with Gasteiger partial charge < -0.3 is 5.32 Å². The molecule has 0 bridgehead atoms. The Morgan fingerprint density at radius 1 is 1.20 bits per heavy atom. The summed E-state index contributed by atoms with van der Waals surface area (Å²) in [5, 5.41) is 6.97. The monoisotopic (exact) mass is 285 g/mol. The highest BCUT2D eigenvalue weighted by Gasteiger charge is 2.21. The predicted molar refractivity (Wildman–Crippen MR) is 81.4 cm³/mol. The van der Waals surface area contributed by atoms with E-state index in [0.29, 0.717) is 0 Å². The second kappa shape index (κ2) is 5.28. The maximum Gasteiger partial charge on any atom is 0.107 e. The molecule has 1 N–H and O–H groups in total. The van der Waals surface area contributed by atoms with Gasteiger partial charge >= 0.3 is 0 Å². The summed E-state index contributed by atoms with van der Waals surface area (Å²) in [6.45, 7) is 4.02. The minimum absolute atomic E-state index is 0.760. The number of hydrogen-bond donors (Lipinski definition) is 1. The van der Waals surface area contributed by atoms with E-state index >= 15 is 0 Å². The highest BCUT2D eigenvalue weighted by Crippen LogP contribution is 2.24. The van der Waals surface area contributed by atoms with E-state index in [9.17, 15) is 0 Å². The molecule has 0 unspecified atom stereocenters. The average molecular weight is 285 g/mol. The summed E-state index contributed by atoms with van der Waals surface area (Å²) in [5.74, 6) is 0. The number of fused-ring (bicyclic) bond motifs is 1. The summed E-state index contributed by atoms with van der Waals surface area (Å²) in [4.78, 5) is 7.22. The Morgan fingerprint density at radius 3 is 2.65 bits per heavy atom. The molecular weight excluding hydrogens is 266 g/mol. The third kappa shape index (κ3) is 2.77. The van der Waals surface area contributed by atoms with Crippen LogP contribution in [0.2, 0.25) is 0 Å². The van der Waals surface area contributed by atoms with E-state index in [1.807, 2.05) is 0 Å². The topological polar surface area (TPSA) is 28.2 Å². The Kier molecular flexibility index (Phi) is 3.30. The summed E-state index contributed by atoms with van der Waals surface area (Å²) in [5.41, 5.74) is 4.16. The van der Waals surface area contributed by atoms with E-state index in [1.165, 1.54) is 34.7 Å². The summed E-state index contributed by atoms with van der Waals surface area (Å²) in [6.07, 6.45) is 2.68. The molecule has 1 saturated carbocycles. The van der Waals surface area contributed by atoms with E-state index in [1.54, 1.807) is 11.3 Å². The number of hydrogen-bond acceptors (Lipinski definition) is 4. The van der Waals surface area contributed by atoms with Crippen LogP contribution in [-0.2, 0) is 26.2 Å². The molecule has 4 rings (SSSR count). The standard InChI is InChI=1S/C16H19N3S/c1-2-4-13-9-19(8-12(13)3-1)10-15-11-20-16(18-15)7-17-14-5-6-14/h1-4,11,14,17H,5-10H2. The molecule has 1 aromatic carbocycles. The van der Waals surface area contributed by atoms with E-state index in [-0.39, 0.29) is 0 Å². The van der Waals surface area contributed by atoms with E-state index < -0.39 is 0 Å². The van der Waals surface area contributed by atoms with Crippen molar-refractivity contribution in [2.75, 3.05) is 0 Å². The number of rotatable bonds is 5. The van der Waals surface area contributed by atoms with Crippen molar-refractivity contribution in [1.29, 1.82) is 0 Å². The first-order valence-electron chi connectivity index (χ1n) is 7.32. The molecule has 0 radical (unpaired) electrons. The fourth-order valence-corrected chi connectivity index (χ4v) is 3.50. The van der Waals surface area contributed by atoms with Crippen LogP contribution in [0.3, 0.4) is 0 Å². The molecule has 0 spiro atoms. The molecule has 0 saturated heterocycles. The van der Waals surface area contributed by atoms with Crippen LogP contribution < -0.4 is 5.32 Å². The minimum atomic E-state index is 0.760. The van der Waals surface area contributed by atoms with Crippen LogP contribution >= 0.6 is 11.3 Å². The van der Waals surface area contributed by atoms with Gasteiger partial charge in [0, 0.05) is 37.6 Å². The van der Waals surface area contributed by atoms with Gasteiger partial charge in [0.1, 0.15) is 5.01 Å². The number of aromatic nitrogens is 1. The van der Waals surface area contributed by atoms with Crippen molar-refractivity contribution < 1.29 is 0 Å². The normalized spacial score (nSPS) is 18.4. The fraction of sp³-hybridized carbons (Fsp3) is 0.438. The van der Waals surface area contributed by atoms with Gasteiger partial charge in [-0.3, -0.25) is 4.90 Å². The second-order valence-electron chi connectivity index (χ2n) is 5.80. The van der Waals surface area contributed by atoms with Gasteiger partial charge in [-0.15, -0.1) is 11.3 Å². The van der Waals surface area contributed by atoms with Crippen LogP contribution in [-0.4, -0.2) is 15.9 Å². The van der Waals surface area contributed by atoms with Gasteiger partial charge in [-0.05, 0) is 24.0 Å². The van der Waals surface area contributed by atoms with Crippen molar-refractivity contribution in [3.8, 4) is 0 Å². The van der Waals surface area contributed by atoms with E-state index in [2.05, 4.69) is 39.9 Å². The Labute approximate surface area is 123 Å². The predicted octanol–water partition coefficient (Wildman–Crippen LogP) is 2.91. The van der Waals surface area contributed by atoms with E-state index in [4.69, 9.17) is 4.98 Å². The maximum atomic E-state index is 4.75. The third-order valence-corrected chi connectivity index (χ3v) is 4.91. The second-order valence-corrected chi connectivity index (χ2v) is 6.74. The molecular formula is C16H19N3S. The molecule has 2 aliphatic rings.